The number of urea groups is 1. The molecule has 1 fully saturated rings. The number of nitrogens with zero attached hydrogens (tertiary/aromatic N) is 1. The summed E-state index contributed by atoms with van der Waals surface area (Å²) in [5.41, 5.74) is 0.544. The van der Waals surface area contributed by atoms with Gasteiger partial charge in [-0.05, 0) is 31.5 Å². The first-order valence-electron chi connectivity index (χ1n) is 6.58. The van der Waals surface area contributed by atoms with Gasteiger partial charge in [-0.3, -0.25) is 4.79 Å². The molecule has 1 aliphatic rings. The van der Waals surface area contributed by atoms with Gasteiger partial charge in [0.1, 0.15) is 5.75 Å². The molecule has 6 nitrogen and oxygen atoms in total. The molecule has 0 aliphatic carbocycles. The molecular weight excluding hydrogens is 340 g/mol. The third-order valence-electron chi connectivity index (χ3n) is 3.74. The molecule has 2 unspecified atom stereocenters. The summed E-state index contributed by atoms with van der Waals surface area (Å²) in [5.74, 6) is -0.828. The Morgan fingerprint density at radius 3 is 2.76 bits per heavy atom. The van der Waals surface area contributed by atoms with Crippen molar-refractivity contribution in [3.63, 3.8) is 0 Å². The van der Waals surface area contributed by atoms with Crippen LogP contribution in [0, 0.1) is 5.92 Å². The van der Waals surface area contributed by atoms with E-state index in [9.17, 15) is 9.59 Å². The Kier molecular flexibility index (Phi) is 4.72. The van der Waals surface area contributed by atoms with Crippen molar-refractivity contribution in [2.45, 2.75) is 19.4 Å². The molecule has 0 saturated carbocycles. The van der Waals surface area contributed by atoms with E-state index in [2.05, 4.69) is 21.2 Å². The van der Waals surface area contributed by atoms with Crippen LogP contribution in [-0.2, 0) is 4.79 Å². The summed E-state index contributed by atoms with van der Waals surface area (Å²) in [6, 6.07) is 4.65. The van der Waals surface area contributed by atoms with Crippen molar-refractivity contribution in [3.8, 4) is 5.75 Å². The highest BCUT2D eigenvalue weighted by Gasteiger charge is 2.38. The first-order chi connectivity index (χ1) is 9.93. The van der Waals surface area contributed by atoms with E-state index in [1.54, 1.807) is 24.0 Å². The zero-order chi connectivity index (χ0) is 15.6. The zero-order valence-corrected chi connectivity index (χ0v) is 13.4. The van der Waals surface area contributed by atoms with Crippen molar-refractivity contribution in [2.24, 2.45) is 5.92 Å². The van der Waals surface area contributed by atoms with E-state index < -0.39 is 11.9 Å². The monoisotopic (exact) mass is 356 g/mol. The second-order valence-electron chi connectivity index (χ2n) is 4.94. The number of anilines is 1. The molecule has 0 bridgehead atoms. The number of hydrogen-bond donors (Lipinski definition) is 2. The molecule has 1 aromatic rings. The minimum atomic E-state index is -0.863. The van der Waals surface area contributed by atoms with E-state index >= 15 is 0 Å². The highest BCUT2D eigenvalue weighted by atomic mass is 79.9. The number of hydrogen-bond acceptors (Lipinski definition) is 3. The van der Waals surface area contributed by atoms with E-state index in [-0.39, 0.29) is 12.1 Å². The zero-order valence-electron chi connectivity index (χ0n) is 11.8. The maximum Gasteiger partial charge on any atom is 0.322 e. The summed E-state index contributed by atoms with van der Waals surface area (Å²) in [7, 11) is 1.53. The van der Waals surface area contributed by atoms with Gasteiger partial charge in [0.05, 0.1) is 18.7 Å². The molecule has 0 radical (unpaired) electrons. The third kappa shape index (κ3) is 3.29. The molecule has 1 aliphatic heterocycles. The van der Waals surface area contributed by atoms with Crippen LogP contribution in [0.25, 0.3) is 0 Å². The topological polar surface area (TPSA) is 78.9 Å². The molecule has 2 N–H and O–H groups in total. The molecule has 0 aromatic heterocycles. The summed E-state index contributed by atoms with van der Waals surface area (Å²) in [6.07, 6.45) is 0.472. The molecule has 114 valence electrons. The molecule has 0 spiro atoms. The summed E-state index contributed by atoms with van der Waals surface area (Å²) >= 11 is 3.34. The van der Waals surface area contributed by atoms with Crippen LogP contribution < -0.4 is 10.1 Å². The number of nitrogens with one attached hydrogen (secondary N) is 1. The molecule has 2 rings (SSSR count). The smallest absolute Gasteiger partial charge is 0.322 e. The van der Waals surface area contributed by atoms with Crippen LogP contribution in [0.15, 0.2) is 22.7 Å². The third-order valence-corrected chi connectivity index (χ3v) is 4.23. The highest BCUT2D eigenvalue weighted by Crippen LogP contribution is 2.30. The maximum atomic E-state index is 12.3. The molecule has 2 atom stereocenters. The average molecular weight is 357 g/mol. The largest absolute Gasteiger partial charge is 0.495 e. The van der Waals surface area contributed by atoms with Gasteiger partial charge in [-0.25, -0.2) is 4.79 Å². The van der Waals surface area contributed by atoms with Crippen molar-refractivity contribution in [2.75, 3.05) is 19.0 Å². The Hall–Kier alpha value is -1.76. The second kappa shape index (κ2) is 6.34. The Labute approximate surface area is 131 Å². The number of ether oxygens (including phenoxy) is 1. The lowest BCUT2D eigenvalue weighted by atomic mass is 10.0. The lowest BCUT2D eigenvalue weighted by Crippen LogP contribution is -2.40. The van der Waals surface area contributed by atoms with Gasteiger partial charge in [-0.2, -0.15) is 0 Å². The van der Waals surface area contributed by atoms with Gasteiger partial charge in [0, 0.05) is 17.1 Å². The van der Waals surface area contributed by atoms with E-state index in [4.69, 9.17) is 9.84 Å². The lowest BCUT2D eigenvalue weighted by Gasteiger charge is -2.24. The van der Waals surface area contributed by atoms with E-state index in [1.165, 1.54) is 7.11 Å². The standard InChI is InChI=1S/C14H17BrN2O4/c1-8-10(13(18)19)5-6-17(8)14(20)16-11-7-9(15)3-4-12(11)21-2/h3-4,7-8,10H,5-6H2,1-2H3,(H,16,20)(H,18,19). The summed E-state index contributed by atoms with van der Waals surface area (Å²) in [5, 5.41) is 11.9. The summed E-state index contributed by atoms with van der Waals surface area (Å²) in [6.45, 7) is 2.18. The number of carboxylic acids is 1. The number of carbonyl (C=O) groups excluding carboxylic acids is 1. The summed E-state index contributed by atoms with van der Waals surface area (Å²) < 4.78 is 6.02. The molecular formula is C14H17BrN2O4. The predicted molar refractivity (Wildman–Crippen MR) is 81.6 cm³/mol. The average Bonchev–Trinajstić information content (AvgIpc) is 2.81. The normalized spacial score (nSPS) is 21.2. The maximum absolute atomic E-state index is 12.3. The number of carbonyl (C=O) groups is 2. The van der Waals surface area contributed by atoms with Gasteiger partial charge in [0.25, 0.3) is 0 Å². The predicted octanol–water partition coefficient (Wildman–Crippen LogP) is 2.78. The van der Waals surface area contributed by atoms with Crippen molar-refractivity contribution in [3.05, 3.63) is 22.7 Å². The number of amides is 2. The highest BCUT2D eigenvalue weighted by molar-refractivity contribution is 9.10. The van der Waals surface area contributed by atoms with Crippen LogP contribution in [-0.4, -0.2) is 41.7 Å². The van der Waals surface area contributed by atoms with Crippen LogP contribution in [0.5, 0.6) is 5.75 Å². The fourth-order valence-electron chi connectivity index (χ4n) is 2.52. The Bertz CT molecular complexity index is 564. The first kappa shape index (κ1) is 15.6. The molecule has 2 amide bonds. The van der Waals surface area contributed by atoms with E-state index in [1.807, 2.05) is 6.07 Å². The molecule has 7 heteroatoms. The fraction of sp³-hybridized carbons (Fsp3) is 0.429. The van der Waals surface area contributed by atoms with Crippen molar-refractivity contribution >= 4 is 33.6 Å². The van der Waals surface area contributed by atoms with Gasteiger partial charge in [0.15, 0.2) is 0 Å². The van der Waals surface area contributed by atoms with Crippen molar-refractivity contribution in [1.29, 1.82) is 0 Å². The Balaban J connectivity index is 2.12. The van der Waals surface area contributed by atoms with Crippen LogP contribution in [0.3, 0.4) is 0 Å². The van der Waals surface area contributed by atoms with Crippen molar-refractivity contribution in [1.82, 2.24) is 4.90 Å². The molecule has 1 aromatic carbocycles. The number of methoxy groups -OCH3 is 1. The molecule has 1 saturated heterocycles. The van der Waals surface area contributed by atoms with Crippen LogP contribution in [0.4, 0.5) is 10.5 Å². The van der Waals surface area contributed by atoms with Gasteiger partial charge in [-0.1, -0.05) is 15.9 Å². The molecule has 1 heterocycles. The van der Waals surface area contributed by atoms with Gasteiger partial charge in [-0.15, -0.1) is 0 Å². The summed E-state index contributed by atoms with van der Waals surface area (Å²) in [4.78, 5) is 25.0. The number of benzene rings is 1. The Morgan fingerprint density at radius 2 is 2.19 bits per heavy atom. The van der Waals surface area contributed by atoms with E-state index in [0.29, 0.717) is 24.4 Å². The first-order valence-corrected chi connectivity index (χ1v) is 7.37. The van der Waals surface area contributed by atoms with Crippen LogP contribution >= 0.6 is 15.9 Å². The van der Waals surface area contributed by atoms with Crippen LogP contribution in [0.2, 0.25) is 0 Å². The SMILES string of the molecule is COc1ccc(Br)cc1NC(=O)N1CCC(C(=O)O)C1C. The minimum absolute atomic E-state index is 0.317. The van der Waals surface area contributed by atoms with Gasteiger partial charge >= 0.3 is 12.0 Å². The van der Waals surface area contributed by atoms with Crippen molar-refractivity contribution < 1.29 is 19.4 Å². The second-order valence-corrected chi connectivity index (χ2v) is 5.86. The number of likely N-dealkylation sites (tertiary alicyclic amines) is 1. The lowest BCUT2D eigenvalue weighted by molar-refractivity contribution is -0.142. The number of aliphatic carboxylic acids is 1. The minimum Gasteiger partial charge on any atom is -0.495 e. The molecule has 21 heavy (non-hydrogen) atoms. The van der Waals surface area contributed by atoms with Gasteiger partial charge in [0.2, 0.25) is 0 Å². The fourth-order valence-corrected chi connectivity index (χ4v) is 2.88. The number of halogens is 1. The van der Waals surface area contributed by atoms with Gasteiger partial charge < -0.3 is 20.1 Å². The van der Waals surface area contributed by atoms with E-state index in [0.717, 1.165) is 4.47 Å². The number of carboxylic acid groups (broad SMARTS) is 1. The van der Waals surface area contributed by atoms with Crippen LogP contribution in [0.1, 0.15) is 13.3 Å². The number of rotatable bonds is 3. The Morgan fingerprint density at radius 1 is 1.48 bits per heavy atom. The quantitative estimate of drug-likeness (QED) is 0.872.